The fourth-order valence-corrected chi connectivity index (χ4v) is 5.53. The first kappa shape index (κ1) is 25.4. The lowest BCUT2D eigenvalue weighted by atomic mass is 9.98. The standard InChI is InChI=1S/C28H26Cl2N2O5/c29-25-17(9-10-24(26(25)30)32-11-13-36-14-12-32)15-23(27(33)34)31-28(35)37-16-22-20-7-3-1-5-18(20)19-6-2-4-8-21(19)22/h1-10,22-23H,11-16H2,(H,31,35)(H,33,34). The van der Waals surface area contributed by atoms with E-state index in [9.17, 15) is 14.7 Å². The Kier molecular flexibility index (Phi) is 7.55. The molecule has 1 atom stereocenters. The number of hydrogen-bond acceptors (Lipinski definition) is 5. The highest BCUT2D eigenvalue weighted by molar-refractivity contribution is 6.44. The number of anilines is 1. The van der Waals surface area contributed by atoms with Crippen molar-refractivity contribution < 1.29 is 24.2 Å². The first-order valence-corrected chi connectivity index (χ1v) is 12.8. The minimum atomic E-state index is -1.24. The number of amides is 1. The summed E-state index contributed by atoms with van der Waals surface area (Å²) in [4.78, 5) is 26.7. The van der Waals surface area contributed by atoms with Crippen LogP contribution in [-0.2, 0) is 20.7 Å². The van der Waals surface area contributed by atoms with Crippen LogP contribution in [0.25, 0.3) is 11.1 Å². The summed E-state index contributed by atoms with van der Waals surface area (Å²) in [6, 6.07) is 18.3. The number of carbonyl (C=O) groups is 2. The van der Waals surface area contributed by atoms with Gasteiger partial charge in [-0.25, -0.2) is 9.59 Å². The van der Waals surface area contributed by atoms with Crippen LogP contribution >= 0.6 is 23.2 Å². The van der Waals surface area contributed by atoms with Crippen molar-refractivity contribution in [3.05, 3.63) is 87.4 Å². The number of alkyl carbamates (subject to hydrolysis) is 1. The van der Waals surface area contributed by atoms with Crippen LogP contribution in [0.4, 0.5) is 10.5 Å². The maximum Gasteiger partial charge on any atom is 0.407 e. The zero-order valence-corrected chi connectivity index (χ0v) is 21.5. The third kappa shape index (κ3) is 5.25. The monoisotopic (exact) mass is 540 g/mol. The summed E-state index contributed by atoms with van der Waals surface area (Å²) in [5, 5.41) is 12.9. The van der Waals surface area contributed by atoms with E-state index in [1.807, 2.05) is 54.6 Å². The summed E-state index contributed by atoms with van der Waals surface area (Å²) in [5.74, 6) is -1.32. The zero-order valence-electron chi connectivity index (χ0n) is 20.0. The third-order valence-electron chi connectivity index (χ3n) is 6.85. The van der Waals surface area contributed by atoms with Crippen LogP contribution in [0, 0.1) is 0 Å². The lowest BCUT2D eigenvalue weighted by molar-refractivity contribution is -0.139. The highest BCUT2D eigenvalue weighted by Crippen LogP contribution is 2.44. The molecule has 1 unspecified atom stereocenters. The van der Waals surface area contributed by atoms with Crippen molar-refractivity contribution in [1.29, 1.82) is 0 Å². The molecule has 1 fully saturated rings. The van der Waals surface area contributed by atoms with Gasteiger partial charge in [-0.3, -0.25) is 0 Å². The molecule has 2 aliphatic rings. The summed E-state index contributed by atoms with van der Waals surface area (Å²) in [6.07, 6.45) is -0.844. The van der Waals surface area contributed by atoms with E-state index >= 15 is 0 Å². The lowest BCUT2D eigenvalue weighted by Crippen LogP contribution is -2.43. The molecule has 2 N–H and O–H groups in total. The fraction of sp³-hybridized carbons (Fsp3) is 0.286. The Morgan fingerprint density at radius 1 is 0.973 bits per heavy atom. The van der Waals surface area contributed by atoms with Crippen LogP contribution in [0.15, 0.2) is 60.7 Å². The van der Waals surface area contributed by atoms with Gasteiger partial charge in [-0.15, -0.1) is 0 Å². The van der Waals surface area contributed by atoms with Gasteiger partial charge in [0.15, 0.2) is 0 Å². The molecule has 0 aromatic heterocycles. The van der Waals surface area contributed by atoms with Crippen LogP contribution in [0.5, 0.6) is 0 Å². The lowest BCUT2D eigenvalue weighted by Gasteiger charge is -2.30. The number of aliphatic carboxylic acids is 1. The molecule has 3 aromatic rings. The normalized spacial score (nSPS) is 15.6. The summed E-state index contributed by atoms with van der Waals surface area (Å²) in [5.41, 5.74) is 5.68. The topological polar surface area (TPSA) is 88.1 Å². The zero-order chi connectivity index (χ0) is 25.9. The molecule has 9 heteroatoms. The van der Waals surface area contributed by atoms with Gasteiger partial charge in [-0.1, -0.05) is 77.8 Å². The second kappa shape index (κ2) is 11.0. The maximum absolute atomic E-state index is 12.7. The number of benzene rings is 3. The van der Waals surface area contributed by atoms with Gasteiger partial charge in [0.25, 0.3) is 0 Å². The van der Waals surface area contributed by atoms with E-state index < -0.39 is 18.1 Å². The largest absolute Gasteiger partial charge is 0.480 e. The number of ether oxygens (including phenoxy) is 2. The Morgan fingerprint density at radius 3 is 2.22 bits per heavy atom. The predicted molar refractivity (Wildman–Crippen MR) is 143 cm³/mol. The SMILES string of the molecule is O=C(NC(Cc1ccc(N2CCOCC2)c(Cl)c1Cl)C(=O)O)OCC1c2ccccc2-c2ccccc21. The summed E-state index contributed by atoms with van der Waals surface area (Å²) in [6.45, 7) is 2.67. The quantitative estimate of drug-likeness (QED) is 0.419. The molecule has 0 radical (unpaired) electrons. The smallest absolute Gasteiger partial charge is 0.407 e. The van der Waals surface area contributed by atoms with Crippen LogP contribution in [0.2, 0.25) is 10.0 Å². The number of hydrogen-bond donors (Lipinski definition) is 2. The van der Waals surface area contributed by atoms with Crippen LogP contribution < -0.4 is 10.2 Å². The molecule has 0 bridgehead atoms. The summed E-state index contributed by atoms with van der Waals surface area (Å²) < 4.78 is 10.9. The van der Waals surface area contributed by atoms with Gasteiger partial charge in [-0.2, -0.15) is 0 Å². The van der Waals surface area contributed by atoms with Crippen molar-refractivity contribution in [3.63, 3.8) is 0 Å². The van der Waals surface area contributed by atoms with Crippen LogP contribution in [0.3, 0.4) is 0 Å². The van der Waals surface area contributed by atoms with Crippen molar-refractivity contribution in [2.45, 2.75) is 18.4 Å². The van der Waals surface area contributed by atoms with E-state index in [1.54, 1.807) is 6.07 Å². The second-order valence-corrected chi connectivity index (χ2v) is 9.79. The molecule has 0 spiro atoms. The number of nitrogens with zero attached hydrogens (tertiary/aromatic N) is 1. The first-order valence-electron chi connectivity index (χ1n) is 12.1. The average molecular weight is 541 g/mol. The molecule has 0 saturated carbocycles. The minimum absolute atomic E-state index is 0.0402. The number of carboxylic acid groups (broad SMARTS) is 1. The maximum atomic E-state index is 12.7. The number of fused-ring (bicyclic) bond motifs is 3. The van der Waals surface area contributed by atoms with Gasteiger partial charge in [0.1, 0.15) is 12.6 Å². The summed E-state index contributed by atoms with van der Waals surface area (Å²) in [7, 11) is 0. The minimum Gasteiger partial charge on any atom is -0.480 e. The van der Waals surface area contributed by atoms with Gasteiger partial charge in [0, 0.05) is 25.4 Å². The van der Waals surface area contributed by atoms with Crippen LogP contribution in [-0.4, -0.2) is 56.1 Å². The van der Waals surface area contributed by atoms with E-state index in [2.05, 4.69) is 10.2 Å². The van der Waals surface area contributed by atoms with E-state index in [0.717, 1.165) is 27.9 Å². The number of carbonyl (C=O) groups excluding carboxylic acids is 1. The molecular formula is C28H26Cl2N2O5. The third-order valence-corrected chi connectivity index (χ3v) is 7.76. The number of morpholine rings is 1. The molecule has 1 saturated heterocycles. The highest BCUT2D eigenvalue weighted by atomic mass is 35.5. The van der Waals surface area contributed by atoms with Crippen molar-refractivity contribution >= 4 is 41.0 Å². The molecular weight excluding hydrogens is 515 g/mol. The Morgan fingerprint density at radius 2 is 1.59 bits per heavy atom. The van der Waals surface area contributed by atoms with Crippen LogP contribution in [0.1, 0.15) is 22.6 Å². The highest BCUT2D eigenvalue weighted by Gasteiger charge is 2.30. The van der Waals surface area contributed by atoms with E-state index in [-0.39, 0.29) is 24.0 Å². The van der Waals surface area contributed by atoms with Gasteiger partial charge < -0.3 is 24.8 Å². The fourth-order valence-electron chi connectivity index (χ4n) is 4.99. The number of nitrogens with one attached hydrogen (secondary N) is 1. The molecule has 5 rings (SSSR count). The Labute approximate surface area is 224 Å². The van der Waals surface area contributed by atoms with Crippen molar-refractivity contribution in [1.82, 2.24) is 5.32 Å². The van der Waals surface area contributed by atoms with Crippen molar-refractivity contribution in [2.75, 3.05) is 37.8 Å². The Balaban J connectivity index is 1.25. The molecule has 1 heterocycles. The van der Waals surface area contributed by atoms with Gasteiger partial charge in [0.2, 0.25) is 0 Å². The van der Waals surface area contributed by atoms with Crippen molar-refractivity contribution in [2.24, 2.45) is 0 Å². The summed E-state index contributed by atoms with van der Waals surface area (Å²) >= 11 is 13.1. The second-order valence-electron chi connectivity index (χ2n) is 9.04. The number of rotatable bonds is 7. The molecule has 37 heavy (non-hydrogen) atoms. The molecule has 1 amide bonds. The first-order chi connectivity index (χ1) is 17.9. The number of halogens is 2. The van der Waals surface area contributed by atoms with E-state index in [1.165, 1.54) is 0 Å². The molecule has 7 nitrogen and oxygen atoms in total. The molecule has 3 aromatic carbocycles. The Hall–Kier alpha value is -3.26. The van der Waals surface area contributed by atoms with Gasteiger partial charge in [0.05, 0.1) is 28.9 Å². The van der Waals surface area contributed by atoms with Gasteiger partial charge in [-0.05, 0) is 33.9 Å². The molecule has 1 aliphatic carbocycles. The number of carboxylic acids is 1. The van der Waals surface area contributed by atoms with Gasteiger partial charge >= 0.3 is 12.1 Å². The average Bonchev–Trinajstić information content (AvgIpc) is 3.24. The predicted octanol–water partition coefficient (Wildman–Crippen LogP) is 5.36. The van der Waals surface area contributed by atoms with E-state index in [4.69, 9.17) is 32.7 Å². The van der Waals surface area contributed by atoms with E-state index in [0.29, 0.717) is 36.9 Å². The molecule has 1 aliphatic heterocycles. The Bertz CT molecular complexity index is 1280. The molecule has 192 valence electrons. The van der Waals surface area contributed by atoms with Crippen molar-refractivity contribution in [3.8, 4) is 11.1 Å².